The number of para-hydroxylation sites is 1. The van der Waals surface area contributed by atoms with Crippen molar-refractivity contribution in [3.8, 4) is 5.75 Å². The van der Waals surface area contributed by atoms with Crippen LogP contribution in [-0.2, 0) is 9.59 Å². The van der Waals surface area contributed by atoms with Crippen LogP contribution in [0.3, 0.4) is 0 Å². The zero-order chi connectivity index (χ0) is 23.0. The van der Waals surface area contributed by atoms with E-state index < -0.39 is 23.4 Å². The number of rotatable bonds is 7. The molecule has 0 aromatic heterocycles. The summed E-state index contributed by atoms with van der Waals surface area (Å²) in [5.41, 5.74) is 1.14. The smallest absolute Gasteiger partial charge is 0.253 e. The van der Waals surface area contributed by atoms with Crippen LogP contribution in [0.25, 0.3) is 6.08 Å². The number of benzene rings is 2. The first-order chi connectivity index (χ1) is 14.6. The van der Waals surface area contributed by atoms with Crippen LogP contribution >= 0.6 is 0 Å². The van der Waals surface area contributed by atoms with E-state index in [4.69, 9.17) is 4.74 Å². The van der Waals surface area contributed by atoms with Crippen molar-refractivity contribution >= 4 is 29.5 Å². The molecule has 3 N–H and O–H groups in total. The summed E-state index contributed by atoms with van der Waals surface area (Å²) in [6.07, 6.45) is 3.00. The van der Waals surface area contributed by atoms with Crippen LogP contribution in [0.4, 0.5) is 5.69 Å². The third-order valence-corrected chi connectivity index (χ3v) is 4.21. The van der Waals surface area contributed by atoms with Gasteiger partial charge in [0.15, 0.2) is 0 Å². The zero-order valence-electron chi connectivity index (χ0n) is 18.5. The molecule has 0 radical (unpaired) electrons. The first-order valence-electron chi connectivity index (χ1n) is 9.94. The van der Waals surface area contributed by atoms with Gasteiger partial charge in [0.1, 0.15) is 11.8 Å². The molecular formula is C24H29N3O4. The molecule has 2 aromatic carbocycles. The number of methoxy groups -OCH3 is 1. The molecule has 2 aromatic rings. The van der Waals surface area contributed by atoms with Crippen LogP contribution in [0, 0.1) is 0 Å². The van der Waals surface area contributed by atoms with Gasteiger partial charge in [0.2, 0.25) is 11.8 Å². The number of amides is 3. The summed E-state index contributed by atoms with van der Waals surface area (Å²) >= 11 is 0. The Labute approximate surface area is 182 Å². The quantitative estimate of drug-likeness (QED) is 0.595. The molecule has 0 saturated carbocycles. The largest absolute Gasteiger partial charge is 0.497 e. The summed E-state index contributed by atoms with van der Waals surface area (Å²) in [5.74, 6) is -0.398. The van der Waals surface area contributed by atoms with Crippen LogP contribution < -0.4 is 20.7 Å². The zero-order valence-corrected chi connectivity index (χ0v) is 18.5. The number of ether oxygens (including phenoxy) is 1. The highest BCUT2D eigenvalue weighted by molar-refractivity contribution is 6.06. The average molecular weight is 424 g/mol. The van der Waals surface area contributed by atoms with Gasteiger partial charge in [-0.3, -0.25) is 14.4 Å². The summed E-state index contributed by atoms with van der Waals surface area (Å²) in [4.78, 5) is 37.3. The van der Waals surface area contributed by atoms with Gasteiger partial charge >= 0.3 is 0 Å². The maximum Gasteiger partial charge on any atom is 0.253 e. The van der Waals surface area contributed by atoms with Gasteiger partial charge in [0, 0.05) is 11.6 Å². The van der Waals surface area contributed by atoms with Gasteiger partial charge in [-0.25, -0.2) is 0 Å². The number of anilines is 1. The highest BCUT2D eigenvalue weighted by Gasteiger charge is 2.20. The maximum atomic E-state index is 12.6. The summed E-state index contributed by atoms with van der Waals surface area (Å²) in [6.45, 7) is 7.21. The van der Waals surface area contributed by atoms with Crippen LogP contribution in [-0.4, -0.2) is 36.4 Å². The van der Waals surface area contributed by atoms with Crippen LogP contribution in [0.1, 0.15) is 43.6 Å². The first-order valence-corrected chi connectivity index (χ1v) is 9.94. The fourth-order valence-electron chi connectivity index (χ4n) is 2.65. The van der Waals surface area contributed by atoms with Gasteiger partial charge in [-0.05, 0) is 63.6 Å². The van der Waals surface area contributed by atoms with E-state index in [0.717, 1.165) is 11.3 Å². The molecule has 1 atom stereocenters. The minimum absolute atomic E-state index is 0.289. The Morgan fingerprint density at radius 2 is 1.65 bits per heavy atom. The Hall–Kier alpha value is -3.61. The molecule has 164 valence electrons. The molecule has 0 saturated heterocycles. The summed E-state index contributed by atoms with van der Waals surface area (Å²) in [7, 11) is 1.58. The van der Waals surface area contributed by atoms with Crippen LogP contribution in [0.15, 0.2) is 54.6 Å². The van der Waals surface area contributed by atoms with E-state index in [0.29, 0.717) is 11.3 Å². The molecule has 7 nitrogen and oxygen atoms in total. The van der Waals surface area contributed by atoms with E-state index in [1.807, 2.05) is 32.9 Å². The Kier molecular flexibility index (Phi) is 7.96. The first kappa shape index (κ1) is 23.7. The SMILES string of the molecule is COc1ccc(C=CC(=O)NC(C)C(=O)Nc2ccccc2C(=O)NC(C)(C)C)cc1. The lowest BCUT2D eigenvalue weighted by Gasteiger charge is -2.22. The van der Waals surface area contributed by atoms with Crippen molar-refractivity contribution < 1.29 is 19.1 Å². The summed E-state index contributed by atoms with van der Waals surface area (Å²) < 4.78 is 5.10. The van der Waals surface area contributed by atoms with E-state index in [-0.39, 0.29) is 5.91 Å². The molecule has 0 heterocycles. The van der Waals surface area contributed by atoms with Crippen molar-refractivity contribution in [2.24, 2.45) is 0 Å². The number of carbonyl (C=O) groups is 3. The standard InChI is InChI=1S/C24H29N3O4/c1-16(25-21(28)15-12-17-10-13-18(31-5)14-11-17)22(29)26-20-9-7-6-8-19(20)23(30)27-24(2,3)4/h6-16H,1-5H3,(H,25,28)(H,26,29)(H,27,30). The number of hydrogen-bond acceptors (Lipinski definition) is 4. The molecule has 0 aliphatic rings. The minimum atomic E-state index is -0.799. The molecule has 0 spiro atoms. The van der Waals surface area contributed by atoms with E-state index in [2.05, 4.69) is 16.0 Å². The number of hydrogen-bond donors (Lipinski definition) is 3. The third-order valence-electron chi connectivity index (χ3n) is 4.21. The van der Waals surface area contributed by atoms with Gasteiger partial charge in [0.25, 0.3) is 5.91 Å². The lowest BCUT2D eigenvalue weighted by atomic mass is 10.1. The molecule has 3 amide bonds. The molecule has 0 fully saturated rings. The predicted octanol–water partition coefficient (Wildman–Crippen LogP) is 3.38. The Balaban J connectivity index is 1.98. The van der Waals surface area contributed by atoms with Crippen LogP contribution in [0.2, 0.25) is 0 Å². The molecule has 2 rings (SSSR count). The molecule has 1 unspecified atom stereocenters. The maximum absolute atomic E-state index is 12.6. The molecular weight excluding hydrogens is 394 g/mol. The number of nitrogens with one attached hydrogen (secondary N) is 3. The Bertz CT molecular complexity index is 960. The van der Waals surface area contributed by atoms with Gasteiger partial charge in [0.05, 0.1) is 18.4 Å². The van der Waals surface area contributed by atoms with Crippen molar-refractivity contribution in [3.63, 3.8) is 0 Å². The highest BCUT2D eigenvalue weighted by Crippen LogP contribution is 2.17. The second-order valence-corrected chi connectivity index (χ2v) is 8.08. The van der Waals surface area contributed by atoms with Crippen molar-refractivity contribution in [1.29, 1.82) is 0 Å². The lowest BCUT2D eigenvalue weighted by molar-refractivity contribution is -0.123. The van der Waals surface area contributed by atoms with Gasteiger partial charge in [-0.15, -0.1) is 0 Å². The Morgan fingerprint density at radius 3 is 2.26 bits per heavy atom. The fraction of sp³-hybridized carbons (Fsp3) is 0.292. The summed E-state index contributed by atoms with van der Waals surface area (Å²) in [5, 5.41) is 8.21. The lowest BCUT2D eigenvalue weighted by Crippen LogP contribution is -2.42. The topological polar surface area (TPSA) is 96.5 Å². The number of carbonyl (C=O) groups excluding carboxylic acids is 3. The van der Waals surface area contributed by atoms with Crippen molar-refractivity contribution in [3.05, 3.63) is 65.7 Å². The second-order valence-electron chi connectivity index (χ2n) is 8.08. The molecule has 31 heavy (non-hydrogen) atoms. The highest BCUT2D eigenvalue weighted by atomic mass is 16.5. The molecule has 7 heteroatoms. The summed E-state index contributed by atoms with van der Waals surface area (Å²) in [6, 6.07) is 13.2. The van der Waals surface area contributed by atoms with Gasteiger partial charge < -0.3 is 20.7 Å². The van der Waals surface area contributed by atoms with Crippen molar-refractivity contribution in [1.82, 2.24) is 10.6 Å². The molecule has 0 bridgehead atoms. The van der Waals surface area contributed by atoms with Crippen molar-refractivity contribution in [2.45, 2.75) is 39.3 Å². The van der Waals surface area contributed by atoms with E-state index >= 15 is 0 Å². The normalized spacial score (nSPS) is 12.2. The fourth-order valence-corrected chi connectivity index (χ4v) is 2.65. The van der Waals surface area contributed by atoms with Gasteiger partial charge in [-0.2, -0.15) is 0 Å². The Morgan fingerprint density at radius 1 is 1.00 bits per heavy atom. The van der Waals surface area contributed by atoms with E-state index in [9.17, 15) is 14.4 Å². The van der Waals surface area contributed by atoms with Gasteiger partial charge in [-0.1, -0.05) is 24.3 Å². The van der Waals surface area contributed by atoms with Crippen LogP contribution in [0.5, 0.6) is 5.75 Å². The second kappa shape index (κ2) is 10.4. The van der Waals surface area contributed by atoms with E-state index in [1.54, 1.807) is 56.5 Å². The monoisotopic (exact) mass is 423 g/mol. The average Bonchev–Trinajstić information content (AvgIpc) is 2.71. The molecule has 0 aliphatic heterocycles. The third kappa shape index (κ3) is 7.62. The molecule has 0 aliphatic carbocycles. The van der Waals surface area contributed by atoms with Crippen molar-refractivity contribution in [2.75, 3.05) is 12.4 Å². The minimum Gasteiger partial charge on any atom is -0.497 e. The van der Waals surface area contributed by atoms with E-state index in [1.165, 1.54) is 6.08 Å². The predicted molar refractivity (Wildman–Crippen MR) is 122 cm³/mol.